The third kappa shape index (κ3) is 1.93. The van der Waals surface area contributed by atoms with Crippen molar-refractivity contribution in [1.29, 1.82) is 0 Å². The van der Waals surface area contributed by atoms with Gasteiger partial charge in [0.1, 0.15) is 11.4 Å². The fraction of sp³-hybridized carbons (Fsp3) is 0.467. The molecular formula is C15H18FNO. The van der Waals surface area contributed by atoms with Crippen molar-refractivity contribution in [3.8, 4) is 0 Å². The molecule has 2 aromatic rings. The van der Waals surface area contributed by atoms with Gasteiger partial charge in [0.2, 0.25) is 0 Å². The van der Waals surface area contributed by atoms with Crippen LogP contribution >= 0.6 is 0 Å². The van der Waals surface area contributed by atoms with Gasteiger partial charge in [-0.15, -0.1) is 0 Å². The largest absolute Gasteiger partial charge is 0.464 e. The van der Waals surface area contributed by atoms with E-state index in [0.29, 0.717) is 11.8 Å². The van der Waals surface area contributed by atoms with Crippen LogP contribution in [-0.4, -0.2) is 13.1 Å². The summed E-state index contributed by atoms with van der Waals surface area (Å²) < 4.78 is 19.3. The number of fused-ring (bicyclic) bond motifs is 1. The van der Waals surface area contributed by atoms with Crippen molar-refractivity contribution in [3.63, 3.8) is 0 Å². The van der Waals surface area contributed by atoms with Crippen LogP contribution in [0.25, 0.3) is 11.0 Å². The molecular weight excluding hydrogens is 229 g/mol. The highest BCUT2D eigenvalue weighted by Gasteiger charge is 2.27. The SMILES string of the molecule is CCC1CNCCC1c1cc(F)cc2ccoc12. The zero-order valence-electron chi connectivity index (χ0n) is 10.6. The lowest BCUT2D eigenvalue weighted by Crippen LogP contribution is -2.35. The number of furan rings is 1. The van der Waals surface area contributed by atoms with E-state index in [4.69, 9.17) is 4.42 Å². The summed E-state index contributed by atoms with van der Waals surface area (Å²) >= 11 is 0. The summed E-state index contributed by atoms with van der Waals surface area (Å²) in [5.41, 5.74) is 1.91. The van der Waals surface area contributed by atoms with Crippen LogP contribution in [0, 0.1) is 11.7 Å². The van der Waals surface area contributed by atoms with Crippen molar-refractivity contribution in [2.75, 3.05) is 13.1 Å². The number of halogens is 1. The predicted molar refractivity (Wildman–Crippen MR) is 70.2 cm³/mol. The number of hydrogen-bond acceptors (Lipinski definition) is 2. The van der Waals surface area contributed by atoms with Crippen molar-refractivity contribution < 1.29 is 8.81 Å². The van der Waals surface area contributed by atoms with Crippen LogP contribution in [0.2, 0.25) is 0 Å². The molecule has 1 fully saturated rings. The van der Waals surface area contributed by atoms with E-state index < -0.39 is 0 Å². The second-order valence-corrected chi connectivity index (χ2v) is 5.10. The molecule has 3 rings (SSSR count). The highest BCUT2D eigenvalue weighted by molar-refractivity contribution is 5.81. The van der Waals surface area contributed by atoms with Crippen LogP contribution in [0.3, 0.4) is 0 Å². The molecule has 2 unspecified atom stereocenters. The van der Waals surface area contributed by atoms with Gasteiger partial charge >= 0.3 is 0 Å². The molecule has 96 valence electrons. The van der Waals surface area contributed by atoms with Crippen LogP contribution in [-0.2, 0) is 0 Å². The minimum atomic E-state index is -0.160. The molecule has 1 aliphatic heterocycles. The normalized spacial score (nSPS) is 24.6. The summed E-state index contributed by atoms with van der Waals surface area (Å²) in [5.74, 6) is 0.807. The summed E-state index contributed by atoms with van der Waals surface area (Å²) in [6, 6.07) is 5.04. The highest BCUT2D eigenvalue weighted by atomic mass is 19.1. The molecule has 2 atom stereocenters. The van der Waals surface area contributed by atoms with Gasteiger partial charge in [0.05, 0.1) is 6.26 Å². The molecule has 1 aromatic carbocycles. The van der Waals surface area contributed by atoms with Gasteiger partial charge < -0.3 is 9.73 Å². The lowest BCUT2D eigenvalue weighted by molar-refractivity contribution is 0.317. The Balaban J connectivity index is 2.08. The lowest BCUT2D eigenvalue weighted by Gasteiger charge is -2.31. The molecule has 1 N–H and O–H groups in total. The van der Waals surface area contributed by atoms with Crippen LogP contribution in [0.5, 0.6) is 0 Å². The molecule has 2 nitrogen and oxygen atoms in total. The summed E-state index contributed by atoms with van der Waals surface area (Å²) in [5, 5.41) is 4.29. The van der Waals surface area contributed by atoms with Crippen LogP contribution in [0.1, 0.15) is 31.2 Å². The Morgan fingerprint density at radius 2 is 2.33 bits per heavy atom. The highest BCUT2D eigenvalue weighted by Crippen LogP contribution is 2.37. The van der Waals surface area contributed by atoms with Gasteiger partial charge in [0.25, 0.3) is 0 Å². The molecule has 2 heterocycles. The molecule has 18 heavy (non-hydrogen) atoms. The van der Waals surface area contributed by atoms with Gasteiger partial charge in [-0.25, -0.2) is 4.39 Å². The molecule has 0 spiro atoms. The Morgan fingerprint density at radius 3 is 3.17 bits per heavy atom. The lowest BCUT2D eigenvalue weighted by atomic mass is 9.79. The molecule has 1 saturated heterocycles. The maximum atomic E-state index is 13.7. The Kier molecular flexibility index (Phi) is 3.08. The van der Waals surface area contributed by atoms with Gasteiger partial charge in [-0.1, -0.05) is 13.3 Å². The van der Waals surface area contributed by atoms with E-state index in [0.717, 1.165) is 42.5 Å². The van der Waals surface area contributed by atoms with Gasteiger partial charge in [-0.2, -0.15) is 0 Å². The molecule has 1 aliphatic rings. The Labute approximate surface area is 106 Å². The number of rotatable bonds is 2. The monoisotopic (exact) mass is 247 g/mol. The van der Waals surface area contributed by atoms with Gasteiger partial charge in [0.15, 0.2) is 0 Å². The van der Waals surface area contributed by atoms with Crippen LogP contribution in [0.15, 0.2) is 28.9 Å². The number of piperidine rings is 1. The van der Waals surface area contributed by atoms with Crippen LogP contribution < -0.4 is 5.32 Å². The first kappa shape index (κ1) is 11.7. The third-order valence-corrected chi connectivity index (χ3v) is 4.08. The van der Waals surface area contributed by atoms with E-state index in [1.807, 2.05) is 6.07 Å². The first-order chi connectivity index (χ1) is 8.79. The third-order valence-electron chi connectivity index (χ3n) is 4.08. The first-order valence-electron chi connectivity index (χ1n) is 6.67. The molecule has 3 heteroatoms. The van der Waals surface area contributed by atoms with Gasteiger partial charge in [-0.3, -0.25) is 0 Å². The zero-order chi connectivity index (χ0) is 12.5. The van der Waals surface area contributed by atoms with Crippen molar-refractivity contribution in [3.05, 3.63) is 35.8 Å². The van der Waals surface area contributed by atoms with E-state index in [1.54, 1.807) is 18.4 Å². The van der Waals surface area contributed by atoms with E-state index in [9.17, 15) is 4.39 Å². The summed E-state index contributed by atoms with van der Waals surface area (Å²) in [6.07, 6.45) is 3.81. The minimum absolute atomic E-state index is 0.160. The fourth-order valence-corrected chi connectivity index (χ4v) is 3.11. The second kappa shape index (κ2) is 4.73. The quantitative estimate of drug-likeness (QED) is 0.875. The van der Waals surface area contributed by atoms with Crippen molar-refractivity contribution in [2.24, 2.45) is 5.92 Å². The fourth-order valence-electron chi connectivity index (χ4n) is 3.11. The van der Waals surface area contributed by atoms with Crippen molar-refractivity contribution in [2.45, 2.75) is 25.7 Å². The molecule has 0 amide bonds. The average Bonchev–Trinajstić information content (AvgIpc) is 2.85. The average molecular weight is 247 g/mol. The Bertz CT molecular complexity index is 548. The minimum Gasteiger partial charge on any atom is -0.464 e. The maximum absolute atomic E-state index is 13.7. The maximum Gasteiger partial charge on any atom is 0.137 e. The summed E-state index contributed by atoms with van der Waals surface area (Å²) in [4.78, 5) is 0. The van der Waals surface area contributed by atoms with Crippen molar-refractivity contribution >= 4 is 11.0 Å². The molecule has 1 aromatic heterocycles. The van der Waals surface area contributed by atoms with E-state index >= 15 is 0 Å². The zero-order valence-corrected chi connectivity index (χ0v) is 10.6. The smallest absolute Gasteiger partial charge is 0.137 e. The molecule has 0 aliphatic carbocycles. The number of nitrogens with one attached hydrogen (secondary N) is 1. The van der Waals surface area contributed by atoms with Crippen molar-refractivity contribution in [1.82, 2.24) is 5.32 Å². The van der Waals surface area contributed by atoms with E-state index in [2.05, 4.69) is 12.2 Å². The topological polar surface area (TPSA) is 25.2 Å². The predicted octanol–water partition coefficient (Wildman–Crippen LogP) is 3.68. The van der Waals surface area contributed by atoms with Crippen LogP contribution in [0.4, 0.5) is 4.39 Å². The number of hydrogen-bond donors (Lipinski definition) is 1. The van der Waals surface area contributed by atoms with E-state index in [1.165, 1.54) is 0 Å². The summed E-state index contributed by atoms with van der Waals surface area (Å²) in [6.45, 7) is 4.21. The Morgan fingerprint density at radius 1 is 1.44 bits per heavy atom. The van der Waals surface area contributed by atoms with Gasteiger partial charge in [0, 0.05) is 10.9 Å². The summed E-state index contributed by atoms with van der Waals surface area (Å²) in [7, 11) is 0. The first-order valence-corrected chi connectivity index (χ1v) is 6.67. The molecule has 0 radical (unpaired) electrons. The second-order valence-electron chi connectivity index (χ2n) is 5.10. The van der Waals surface area contributed by atoms with Gasteiger partial charge in [-0.05, 0) is 49.5 Å². The number of benzene rings is 1. The Hall–Kier alpha value is -1.35. The molecule has 0 saturated carbocycles. The standard InChI is InChI=1S/C15H18FNO/c1-2-10-9-17-5-3-13(10)14-8-12(16)7-11-4-6-18-15(11)14/h4,6-8,10,13,17H,2-3,5,9H2,1H3. The molecule has 0 bridgehead atoms. The van der Waals surface area contributed by atoms with E-state index in [-0.39, 0.29) is 5.82 Å².